The molecule has 2 aromatic carbocycles. The number of hydrogen-bond donors (Lipinski definition) is 0. The van der Waals surface area contributed by atoms with Gasteiger partial charge in [-0.3, -0.25) is 0 Å². The number of hydrogen-bond acceptors (Lipinski definition) is 0. The highest BCUT2D eigenvalue weighted by atomic mass is 35.5. The monoisotopic (exact) mass is 320 g/mol. The Hall–Kier alpha value is -1.64. The molecule has 20 heavy (non-hydrogen) atoms. The zero-order chi connectivity index (χ0) is 14.9. The summed E-state index contributed by atoms with van der Waals surface area (Å²) in [5.74, 6) is 1.85. The molecule has 0 N–H and O–H groups in total. The third kappa shape index (κ3) is 3.27. The van der Waals surface area contributed by atoms with Gasteiger partial charge in [-0.15, -0.1) is 15.5 Å². The Bertz CT molecular complexity index is 693. The molecule has 0 aromatic heterocycles. The van der Waals surface area contributed by atoms with Gasteiger partial charge in [0.25, 0.3) is 0 Å². The second-order valence-electron chi connectivity index (χ2n) is 4.12. The summed E-state index contributed by atoms with van der Waals surface area (Å²) in [7, 11) is -8.63. The van der Waals surface area contributed by atoms with Gasteiger partial charge in [0.05, 0.1) is 4.90 Å². The summed E-state index contributed by atoms with van der Waals surface area (Å²) >= 11 is 5.51. The molecule has 0 fully saturated rings. The second kappa shape index (κ2) is 4.18. The Morgan fingerprint density at radius 1 is 0.800 bits per heavy atom. The van der Waals surface area contributed by atoms with Crippen LogP contribution in [0.5, 0.6) is 0 Å². The fourth-order valence-electron chi connectivity index (χ4n) is 1.45. The van der Waals surface area contributed by atoms with Crippen molar-refractivity contribution in [1.29, 1.82) is 0 Å². The standard InChI is InChI=1S/C14H9ClF4S/c15-13-6-8-14(9-7-13)20(16,17,18,19)11-10-12-4-2-1-3-5-12/h1-9H. The minimum Gasteiger partial charge on any atom is -0.110 e. The molecule has 0 saturated heterocycles. The van der Waals surface area contributed by atoms with Gasteiger partial charge in [0, 0.05) is 15.8 Å². The van der Waals surface area contributed by atoms with Crippen molar-refractivity contribution in [3.63, 3.8) is 0 Å². The van der Waals surface area contributed by atoms with Gasteiger partial charge in [-0.25, -0.2) is 0 Å². The molecule has 0 saturated carbocycles. The summed E-state index contributed by atoms with van der Waals surface area (Å²) in [5, 5.41) is 1.02. The first-order valence-electron chi connectivity index (χ1n) is 5.45. The molecule has 0 unspecified atom stereocenters. The highest BCUT2D eigenvalue weighted by molar-refractivity contribution is 8.53. The van der Waals surface area contributed by atoms with Crippen molar-refractivity contribution in [2.45, 2.75) is 4.90 Å². The molecule has 0 bridgehead atoms. The van der Waals surface area contributed by atoms with Crippen LogP contribution in [0.2, 0.25) is 5.02 Å². The van der Waals surface area contributed by atoms with Crippen LogP contribution in [0.15, 0.2) is 59.5 Å². The molecule has 0 aliphatic rings. The van der Waals surface area contributed by atoms with Crippen molar-refractivity contribution in [3.8, 4) is 11.2 Å². The summed E-state index contributed by atoms with van der Waals surface area (Å²) in [4.78, 5) is -1.40. The van der Waals surface area contributed by atoms with Crippen LogP contribution in [0.1, 0.15) is 5.56 Å². The normalized spacial score (nSPS) is 14.7. The Morgan fingerprint density at radius 3 is 1.90 bits per heavy atom. The van der Waals surface area contributed by atoms with E-state index in [1.54, 1.807) is 6.07 Å². The first-order chi connectivity index (χ1) is 9.09. The average Bonchev–Trinajstić information content (AvgIpc) is 2.37. The third-order valence-corrected chi connectivity index (χ3v) is 4.45. The fraction of sp³-hybridized carbons (Fsp3) is 0. The Morgan fingerprint density at radius 2 is 1.35 bits per heavy atom. The van der Waals surface area contributed by atoms with Crippen LogP contribution in [-0.4, -0.2) is 0 Å². The fourth-order valence-corrected chi connectivity index (χ4v) is 2.70. The predicted octanol–water partition coefficient (Wildman–Crippen LogP) is 6.12. The van der Waals surface area contributed by atoms with Crippen LogP contribution in [0, 0.1) is 11.2 Å². The zero-order valence-corrected chi connectivity index (χ0v) is 11.6. The van der Waals surface area contributed by atoms with Crippen LogP contribution in [0.4, 0.5) is 15.5 Å². The predicted molar refractivity (Wildman–Crippen MR) is 75.1 cm³/mol. The summed E-state index contributed by atoms with van der Waals surface area (Å²) in [6, 6.07) is 10.6. The van der Waals surface area contributed by atoms with E-state index < -0.39 is 14.7 Å². The molecule has 0 heterocycles. The molecule has 2 rings (SSSR count). The lowest BCUT2D eigenvalue weighted by Crippen LogP contribution is -2.10. The van der Waals surface area contributed by atoms with Gasteiger partial charge >= 0.3 is 0 Å². The van der Waals surface area contributed by atoms with Gasteiger partial charge < -0.3 is 0 Å². The molecular formula is C14H9ClF4S. The van der Waals surface area contributed by atoms with E-state index in [-0.39, 0.29) is 10.6 Å². The zero-order valence-electron chi connectivity index (χ0n) is 9.99. The lowest BCUT2D eigenvalue weighted by molar-refractivity contribution is 0.470. The summed E-state index contributed by atoms with van der Waals surface area (Å²) < 4.78 is 55.7. The van der Waals surface area contributed by atoms with Crippen LogP contribution in [0.25, 0.3) is 0 Å². The highest BCUT2D eigenvalue weighted by Crippen LogP contribution is 3.00. The molecule has 6 heteroatoms. The van der Waals surface area contributed by atoms with Crippen LogP contribution in [0.3, 0.4) is 0 Å². The third-order valence-electron chi connectivity index (χ3n) is 2.46. The van der Waals surface area contributed by atoms with Crippen LogP contribution < -0.4 is 0 Å². The van der Waals surface area contributed by atoms with Crippen LogP contribution >= 0.6 is 21.4 Å². The van der Waals surface area contributed by atoms with Gasteiger partial charge in [-0.05, 0) is 42.3 Å². The molecular weight excluding hydrogens is 312 g/mol. The van der Waals surface area contributed by atoms with Crippen molar-refractivity contribution in [3.05, 3.63) is 65.2 Å². The SMILES string of the molecule is FS(F)(F)(F)(C#Cc1ccccc1)c1ccc(Cl)cc1. The van der Waals surface area contributed by atoms with Gasteiger partial charge in [0.15, 0.2) is 0 Å². The summed E-state index contributed by atoms with van der Waals surface area (Å²) in [6.45, 7) is 0. The molecule has 106 valence electrons. The Kier molecular flexibility index (Phi) is 3.08. The maximum atomic E-state index is 13.9. The Labute approximate surface area is 118 Å². The van der Waals surface area contributed by atoms with Gasteiger partial charge in [-0.1, -0.05) is 29.8 Å². The van der Waals surface area contributed by atoms with E-state index in [1.807, 2.05) is 5.92 Å². The maximum absolute atomic E-state index is 13.9. The molecule has 0 radical (unpaired) electrons. The summed E-state index contributed by atoms with van der Waals surface area (Å²) in [6.07, 6.45) is 0. The number of benzene rings is 2. The number of halogens is 5. The highest BCUT2D eigenvalue weighted by Gasteiger charge is 2.63. The Balaban J connectivity index is 2.55. The van der Waals surface area contributed by atoms with Gasteiger partial charge in [0.1, 0.15) is 0 Å². The summed E-state index contributed by atoms with van der Waals surface area (Å²) in [5.41, 5.74) is 0.0945. The minimum absolute atomic E-state index is 0.0945. The topological polar surface area (TPSA) is 0 Å². The molecule has 0 nitrogen and oxygen atoms in total. The molecule has 0 amide bonds. The van der Waals surface area contributed by atoms with E-state index in [4.69, 9.17) is 11.6 Å². The molecule has 0 aliphatic heterocycles. The van der Waals surface area contributed by atoms with Crippen molar-refractivity contribution in [2.24, 2.45) is 0 Å². The number of rotatable bonds is 1. The van der Waals surface area contributed by atoms with Crippen molar-refractivity contribution >= 4 is 21.4 Å². The van der Waals surface area contributed by atoms with Crippen molar-refractivity contribution in [1.82, 2.24) is 0 Å². The van der Waals surface area contributed by atoms with Gasteiger partial charge in [-0.2, -0.15) is 0 Å². The smallest absolute Gasteiger partial charge is 0.110 e. The van der Waals surface area contributed by atoms with E-state index >= 15 is 0 Å². The van der Waals surface area contributed by atoms with E-state index in [0.717, 1.165) is 17.4 Å². The molecule has 0 aliphatic carbocycles. The van der Waals surface area contributed by atoms with E-state index in [0.29, 0.717) is 12.1 Å². The molecule has 0 atom stereocenters. The molecule has 0 spiro atoms. The largest absolute Gasteiger partial charge is 0.240 e. The molecule has 2 aromatic rings. The first kappa shape index (κ1) is 14.8. The maximum Gasteiger partial charge on any atom is 0.240 e. The van der Waals surface area contributed by atoms with E-state index in [2.05, 4.69) is 0 Å². The van der Waals surface area contributed by atoms with E-state index in [9.17, 15) is 15.5 Å². The average molecular weight is 321 g/mol. The first-order valence-corrected chi connectivity index (χ1v) is 7.88. The van der Waals surface area contributed by atoms with Gasteiger partial charge in [0.2, 0.25) is 9.84 Å². The quantitative estimate of drug-likeness (QED) is 0.438. The lowest BCUT2D eigenvalue weighted by Gasteiger charge is -2.44. The lowest BCUT2D eigenvalue weighted by atomic mass is 10.2. The minimum atomic E-state index is -8.63. The van der Waals surface area contributed by atoms with Crippen molar-refractivity contribution in [2.75, 3.05) is 0 Å². The van der Waals surface area contributed by atoms with E-state index in [1.165, 1.54) is 24.3 Å². The van der Waals surface area contributed by atoms with Crippen molar-refractivity contribution < 1.29 is 15.5 Å². The second-order valence-corrected chi connectivity index (χ2v) is 7.37. The van der Waals surface area contributed by atoms with Crippen LogP contribution in [-0.2, 0) is 0 Å².